The van der Waals surface area contributed by atoms with Gasteiger partial charge >= 0.3 is 0 Å². The maximum atomic E-state index is 12.5. The number of hydrogen-bond acceptors (Lipinski definition) is 4. The van der Waals surface area contributed by atoms with Crippen LogP contribution in [0.15, 0.2) is 42.6 Å². The molecule has 3 aromatic rings. The fourth-order valence-electron chi connectivity index (χ4n) is 2.07. The van der Waals surface area contributed by atoms with E-state index in [1.54, 1.807) is 25.4 Å². The van der Waals surface area contributed by atoms with Crippen molar-refractivity contribution in [3.8, 4) is 5.75 Å². The summed E-state index contributed by atoms with van der Waals surface area (Å²) in [6.45, 7) is 0. The number of imidazole rings is 1. The van der Waals surface area contributed by atoms with Gasteiger partial charge in [-0.3, -0.25) is 9.69 Å². The summed E-state index contributed by atoms with van der Waals surface area (Å²) in [5.41, 5.74) is 1.93. The van der Waals surface area contributed by atoms with E-state index in [9.17, 15) is 4.79 Å². The molecular weight excluding hydrogens is 268 g/mol. The van der Waals surface area contributed by atoms with Gasteiger partial charge in [-0.25, -0.2) is 9.97 Å². The Labute approximate surface area is 121 Å². The highest BCUT2D eigenvalue weighted by Crippen LogP contribution is 2.20. The summed E-state index contributed by atoms with van der Waals surface area (Å²) >= 11 is 0. The molecule has 6 heteroatoms. The number of fused-ring (bicyclic) bond motifs is 1. The van der Waals surface area contributed by atoms with Crippen LogP contribution in [0.5, 0.6) is 5.75 Å². The maximum Gasteiger partial charge on any atom is 0.282 e. The van der Waals surface area contributed by atoms with Gasteiger partial charge in [-0.15, -0.1) is 0 Å². The Hall–Kier alpha value is -2.89. The fourth-order valence-corrected chi connectivity index (χ4v) is 2.07. The number of methoxy groups -OCH3 is 1. The van der Waals surface area contributed by atoms with Crippen LogP contribution in [0.4, 0.5) is 5.95 Å². The number of ether oxygens (including phenoxy) is 1. The smallest absolute Gasteiger partial charge is 0.282 e. The van der Waals surface area contributed by atoms with E-state index < -0.39 is 0 Å². The first-order valence-corrected chi connectivity index (χ1v) is 6.42. The van der Waals surface area contributed by atoms with Gasteiger partial charge in [-0.1, -0.05) is 12.1 Å². The molecule has 0 aliphatic heterocycles. The molecule has 21 heavy (non-hydrogen) atoms. The lowest BCUT2D eigenvalue weighted by Gasteiger charge is -2.14. The minimum Gasteiger partial charge on any atom is -0.494 e. The third-order valence-corrected chi connectivity index (χ3v) is 3.19. The molecular formula is C15H14N4O2. The van der Waals surface area contributed by atoms with Crippen LogP contribution in [0.1, 0.15) is 10.5 Å². The number of carbonyl (C=O) groups excluding carboxylic acids is 1. The zero-order valence-corrected chi connectivity index (χ0v) is 11.7. The van der Waals surface area contributed by atoms with Crippen molar-refractivity contribution in [3.63, 3.8) is 0 Å². The van der Waals surface area contributed by atoms with Gasteiger partial charge in [0.2, 0.25) is 5.95 Å². The van der Waals surface area contributed by atoms with Crippen molar-refractivity contribution in [2.45, 2.75) is 0 Å². The van der Waals surface area contributed by atoms with Gasteiger partial charge < -0.3 is 9.72 Å². The summed E-state index contributed by atoms with van der Waals surface area (Å²) in [6.07, 6.45) is 1.56. The van der Waals surface area contributed by atoms with Crippen LogP contribution in [0.3, 0.4) is 0 Å². The molecule has 0 aliphatic rings. The minimum atomic E-state index is -0.286. The second-order valence-electron chi connectivity index (χ2n) is 4.50. The topological polar surface area (TPSA) is 71.1 Å². The van der Waals surface area contributed by atoms with E-state index in [4.69, 9.17) is 4.74 Å². The van der Waals surface area contributed by atoms with Crippen LogP contribution in [-0.2, 0) is 0 Å². The van der Waals surface area contributed by atoms with Gasteiger partial charge in [0.15, 0.2) is 5.69 Å². The third kappa shape index (κ3) is 2.31. The summed E-state index contributed by atoms with van der Waals surface area (Å²) in [7, 11) is 3.16. The van der Waals surface area contributed by atoms with Gasteiger partial charge in [0, 0.05) is 13.2 Å². The molecule has 0 spiro atoms. The standard InChI is InChI=1S/C15H14N4O2/c1-19(14(20)13-12(21-2)8-5-9-16-13)15-17-10-6-3-4-7-11(10)18-15/h3-9H,1-2H3,(H,17,18). The van der Waals surface area contributed by atoms with Crippen molar-refractivity contribution in [1.82, 2.24) is 15.0 Å². The Balaban J connectivity index is 1.97. The molecule has 0 aliphatic carbocycles. The third-order valence-electron chi connectivity index (χ3n) is 3.19. The monoisotopic (exact) mass is 282 g/mol. The highest BCUT2D eigenvalue weighted by Gasteiger charge is 2.21. The number of carbonyl (C=O) groups is 1. The fraction of sp³-hybridized carbons (Fsp3) is 0.133. The molecule has 0 fully saturated rings. The first-order chi connectivity index (χ1) is 10.2. The van der Waals surface area contributed by atoms with Gasteiger partial charge in [-0.2, -0.15) is 0 Å². The molecule has 1 N–H and O–H groups in total. The second kappa shape index (κ2) is 5.24. The molecule has 6 nitrogen and oxygen atoms in total. The van der Waals surface area contributed by atoms with Crippen LogP contribution in [0.25, 0.3) is 11.0 Å². The van der Waals surface area contributed by atoms with E-state index in [0.717, 1.165) is 11.0 Å². The van der Waals surface area contributed by atoms with Crippen molar-refractivity contribution in [3.05, 3.63) is 48.3 Å². The Morgan fingerprint density at radius 2 is 2.05 bits per heavy atom. The number of H-pyrrole nitrogens is 1. The zero-order chi connectivity index (χ0) is 14.8. The Kier molecular flexibility index (Phi) is 3.27. The number of nitrogens with zero attached hydrogens (tertiary/aromatic N) is 3. The summed E-state index contributed by atoms with van der Waals surface area (Å²) in [5.74, 6) is 0.617. The SMILES string of the molecule is COc1cccnc1C(=O)N(C)c1nc2ccccc2[nH]1. The van der Waals surface area contributed by atoms with Crippen molar-refractivity contribution >= 4 is 22.9 Å². The zero-order valence-electron chi connectivity index (χ0n) is 11.7. The first-order valence-electron chi connectivity index (χ1n) is 6.42. The molecule has 106 valence electrons. The van der Waals surface area contributed by atoms with Crippen molar-refractivity contribution in [1.29, 1.82) is 0 Å². The molecule has 0 bridgehead atoms. The second-order valence-corrected chi connectivity index (χ2v) is 4.50. The lowest BCUT2D eigenvalue weighted by molar-refractivity contribution is 0.0983. The summed E-state index contributed by atoms with van der Waals surface area (Å²) < 4.78 is 5.17. The van der Waals surface area contributed by atoms with E-state index in [2.05, 4.69) is 15.0 Å². The minimum absolute atomic E-state index is 0.253. The van der Waals surface area contributed by atoms with Gasteiger partial charge in [0.05, 0.1) is 18.1 Å². The maximum absolute atomic E-state index is 12.5. The summed E-state index contributed by atoms with van der Waals surface area (Å²) in [4.78, 5) is 25.5. The number of anilines is 1. The van der Waals surface area contributed by atoms with Crippen LogP contribution < -0.4 is 9.64 Å². The summed E-state index contributed by atoms with van der Waals surface area (Å²) in [6, 6.07) is 11.0. The van der Waals surface area contributed by atoms with Crippen molar-refractivity contribution in [2.24, 2.45) is 0 Å². The summed E-state index contributed by atoms with van der Waals surface area (Å²) in [5, 5.41) is 0. The number of pyridine rings is 1. The predicted molar refractivity (Wildman–Crippen MR) is 79.6 cm³/mol. The number of hydrogen-bond donors (Lipinski definition) is 1. The van der Waals surface area contributed by atoms with Crippen molar-refractivity contribution < 1.29 is 9.53 Å². The number of rotatable bonds is 3. The van der Waals surface area contributed by atoms with Crippen LogP contribution >= 0.6 is 0 Å². The van der Waals surface area contributed by atoms with E-state index in [-0.39, 0.29) is 11.6 Å². The van der Waals surface area contributed by atoms with Gasteiger partial charge in [-0.05, 0) is 24.3 Å². The molecule has 1 aromatic carbocycles. The highest BCUT2D eigenvalue weighted by atomic mass is 16.5. The molecule has 0 saturated heterocycles. The largest absolute Gasteiger partial charge is 0.494 e. The molecule has 1 amide bonds. The van der Waals surface area contributed by atoms with E-state index in [1.165, 1.54) is 12.0 Å². The number of aromatic amines is 1. The number of benzene rings is 1. The normalized spacial score (nSPS) is 10.6. The molecule has 0 saturated carbocycles. The first kappa shape index (κ1) is 13.1. The van der Waals surface area contributed by atoms with E-state index in [1.807, 2.05) is 24.3 Å². The Morgan fingerprint density at radius 3 is 2.81 bits per heavy atom. The Morgan fingerprint density at radius 1 is 1.24 bits per heavy atom. The number of para-hydroxylation sites is 2. The van der Waals surface area contributed by atoms with Crippen LogP contribution in [-0.4, -0.2) is 35.0 Å². The molecule has 3 rings (SSSR count). The van der Waals surface area contributed by atoms with E-state index >= 15 is 0 Å². The average Bonchev–Trinajstić information content (AvgIpc) is 2.97. The molecule has 0 radical (unpaired) electrons. The lowest BCUT2D eigenvalue weighted by Crippen LogP contribution is -2.28. The molecule has 2 heterocycles. The van der Waals surface area contributed by atoms with Gasteiger partial charge in [0.25, 0.3) is 5.91 Å². The molecule has 0 atom stereocenters. The highest BCUT2D eigenvalue weighted by molar-refractivity contribution is 6.05. The number of aromatic nitrogens is 3. The Bertz CT molecular complexity index is 764. The van der Waals surface area contributed by atoms with Crippen LogP contribution in [0, 0.1) is 0 Å². The lowest BCUT2D eigenvalue weighted by atomic mass is 10.3. The number of amides is 1. The molecule has 2 aromatic heterocycles. The average molecular weight is 282 g/mol. The molecule has 0 unspecified atom stereocenters. The van der Waals surface area contributed by atoms with Gasteiger partial charge in [0.1, 0.15) is 5.75 Å². The van der Waals surface area contributed by atoms with Crippen molar-refractivity contribution in [2.75, 3.05) is 19.1 Å². The predicted octanol–water partition coefficient (Wildman–Crippen LogP) is 2.24. The van der Waals surface area contributed by atoms with E-state index in [0.29, 0.717) is 11.7 Å². The quantitative estimate of drug-likeness (QED) is 0.799. The van der Waals surface area contributed by atoms with Crippen LogP contribution in [0.2, 0.25) is 0 Å². The number of nitrogens with one attached hydrogen (secondary N) is 1.